The number of fused-ring (bicyclic) bond motifs is 1. The number of piperidine rings is 1. The van der Waals surface area contributed by atoms with E-state index in [1.54, 1.807) is 28.8 Å². The Balaban J connectivity index is 1.52. The number of halogens is 2. The molecule has 1 amide bonds. The summed E-state index contributed by atoms with van der Waals surface area (Å²) < 4.78 is 15.7. The second-order valence-corrected chi connectivity index (χ2v) is 8.60. The van der Waals surface area contributed by atoms with Gasteiger partial charge in [-0.15, -0.1) is 0 Å². The highest BCUT2D eigenvalue weighted by Gasteiger charge is 2.29. The van der Waals surface area contributed by atoms with Crippen LogP contribution in [-0.2, 0) is 7.05 Å². The first-order chi connectivity index (χ1) is 16.5. The number of carbonyl (C=O) groups excluding carboxylic acids is 1. The van der Waals surface area contributed by atoms with Crippen LogP contribution in [0.5, 0.6) is 0 Å². The van der Waals surface area contributed by atoms with Crippen LogP contribution < -0.4 is 10.2 Å². The maximum absolute atomic E-state index is 14.1. The van der Waals surface area contributed by atoms with Crippen molar-refractivity contribution in [3.8, 4) is 17.5 Å². The Morgan fingerprint density at radius 1 is 1.32 bits per heavy atom. The van der Waals surface area contributed by atoms with Crippen LogP contribution in [0.2, 0.25) is 5.15 Å². The van der Waals surface area contributed by atoms with Crippen LogP contribution in [0.1, 0.15) is 28.9 Å². The molecular formula is C24H21ClFN7O. The van der Waals surface area contributed by atoms with Gasteiger partial charge in [-0.3, -0.25) is 9.48 Å². The lowest BCUT2D eigenvalue weighted by molar-refractivity contribution is 0.0968. The smallest absolute Gasteiger partial charge is 0.276 e. The zero-order valence-corrected chi connectivity index (χ0v) is 19.1. The van der Waals surface area contributed by atoms with Gasteiger partial charge in [0.2, 0.25) is 0 Å². The Kier molecular flexibility index (Phi) is 5.77. The van der Waals surface area contributed by atoms with Gasteiger partial charge in [0.15, 0.2) is 0 Å². The third-order valence-corrected chi connectivity index (χ3v) is 6.49. The molecule has 1 aliphatic rings. The van der Waals surface area contributed by atoms with Crippen LogP contribution in [0.3, 0.4) is 0 Å². The number of imidazole rings is 1. The number of nitrogens with one attached hydrogen (secondary N) is 2. The number of amides is 1. The van der Waals surface area contributed by atoms with E-state index in [0.29, 0.717) is 28.8 Å². The molecule has 3 heterocycles. The maximum atomic E-state index is 14.1. The third-order valence-electron chi connectivity index (χ3n) is 6.05. The summed E-state index contributed by atoms with van der Waals surface area (Å²) in [5.74, 6) is -0.541. The number of benzene rings is 2. The van der Waals surface area contributed by atoms with Gasteiger partial charge in [-0.1, -0.05) is 11.6 Å². The van der Waals surface area contributed by atoms with Crippen molar-refractivity contribution < 1.29 is 9.18 Å². The molecule has 2 N–H and O–H groups in total. The average molecular weight is 478 g/mol. The van der Waals surface area contributed by atoms with Crippen LogP contribution in [0, 0.1) is 17.1 Å². The number of aromatic nitrogens is 4. The number of H-pyrrole nitrogens is 1. The number of aryl methyl sites for hydroxylation is 1. The SMILES string of the molecule is Cn1nc2ccc(N(C(=O)c3cnc(-c4ccc(C#N)c(F)c4)[nH]3)[C@@H]3CCCNC3)cc2c1Cl. The summed E-state index contributed by atoms with van der Waals surface area (Å²) >= 11 is 6.42. The van der Waals surface area contributed by atoms with Gasteiger partial charge in [0.1, 0.15) is 28.6 Å². The van der Waals surface area contributed by atoms with Crippen molar-refractivity contribution in [1.29, 1.82) is 5.26 Å². The summed E-state index contributed by atoms with van der Waals surface area (Å²) in [6.07, 6.45) is 3.25. The minimum absolute atomic E-state index is 0.0490. The molecule has 5 rings (SSSR count). The molecule has 0 spiro atoms. The average Bonchev–Trinajstić information content (AvgIpc) is 3.45. The normalized spacial score (nSPS) is 15.9. The molecule has 1 saturated heterocycles. The third kappa shape index (κ3) is 3.91. The maximum Gasteiger partial charge on any atom is 0.276 e. The second-order valence-electron chi connectivity index (χ2n) is 8.24. The minimum Gasteiger partial charge on any atom is -0.334 e. The van der Waals surface area contributed by atoms with E-state index < -0.39 is 5.82 Å². The van der Waals surface area contributed by atoms with E-state index >= 15 is 0 Å². The topological polar surface area (TPSA) is 103 Å². The van der Waals surface area contributed by atoms with Crippen molar-refractivity contribution in [3.63, 3.8) is 0 Å². The standard InChI is InChI=1S/C24H21ClFN7O/c1-32-22(25)18-10-16(6-7-20(18)31-32)33(17-3-2-8-28-12-17)24(34)21-13-29-23(30-21)14-4-5-15(11-27)19(26)9-14/h4-7,9-10,13,17,28H,2-3,8,12H2,1H3,(H,29,30)/t17-/m1/s1. The fourth-order valence-corrected chi connectivity index (χ4v) is 4.50. The molecule has 0 bridgehead atoms. The van der Waals surface area contributed by atoms with Crippen molar-refractivity contribution in [3.05, 3.63) is 64.8 Å². The van der Waals surface area contributed by atoms with Gasteiger partial charge >= 0.3 is 0 Å². The molecule has 172 valence electrons. The summed E-state index contributed by atoms with van der Waals surface area (Å²) in [7, 11) is 1.77. The summed E-state index contributed by atoms with van der Waals surface area (Å²) in [5, 5.41) is 18.0. The monoisotopic (exact) mass is 477 g/mol. The molecule has 8 nitrogen and oxygen atoms in total. The van der Waals surface area contributed by atoms with Crippen LogP contribution in [-0.4, -0.2) is 44.8 Å². The molecule has 34 heavy (non-hydrogen) atoms. The van der Waals surface area contributed by atoms with E-state index in [-0.39, 0.29) is 23.2 Å². The lowest BCUT2D eigenvalue weighted by Gasteiger charge is -2.34. The summed E-state index contributed by atoms with van der Waals surface area (Å²) in [5.41, 5.74) is 2.14. The molecular weight excluding hydrogens is 457 g/mol. The van der Waals surface area contributed by atoms with E-state index in [2.05, 4.69) is 20.4 Å². The van der Waals surface area contributed by atoms with Gasteiger partial charge in [-0.25, -0.2) is 9.37 Å². The van der Waals surface area contributed by atoms with Gasteiger partial charge in [0, 0.05) is 36.3 Å². The minimum atomic E-state index is -0.638. The van der Waals surface area contributed by atoms with E-state index in [4.69, 9.17) is 16.9 Å². The predicted octanol–water partition coefficient (Wildman–Crippen LogP) is 4.03. The zero-order chi connectivity index (χ0) is 23.8. The molecule has 1 fully saturated rings. The number of anilines is 1. The second kappa shape index (κ2) is 8.89. The molecule has 0 aliphatic carbocycles. The lowest BCUT2D eigenvalue weighted by atomic mass is 10.0. The van der Waals surface area contributed by atoms with Crippen molar-refractivity contribution in [1.82, 2.24) is 25.1 Å². The Morgan fingerprint density at radius 3 is 2.91 bits per heavy atom. The Hall–Kier alpha value is -3.74. The number of aromatic amines is 1. The summed E-state index contributed by atoms with van der Waals surface area (Å²) in [4.78, 5) is 22.8. The molecule has 1 aliphatic heterocycles. The highest BCUT2D eigenvalue weighted by Crippen LogP contribution is 2.30. The number of hydrogen-bond acceptors (Lipinski definition) is 5. The summed E-state index contributed by atoms with van der Waals surface area (Å²) in [6.45, 7) is 1.57. The molecule has 1 atom stereocenters. The van der Waals surface area contributed by atoms with Crippen LogP contribution in [0.4, 0.5) is 10.1 Å². The largest absolute Gasteiger partial charge is 0.334 e. The number of hydrogen-bond donors (Lipinski definition) is 2. The first-order valence-corrected chi connectivity index (χ1v) is 11.3. The van der Waals surface area contributed by atoms with Crippen LogP contribution >= 0.6 is 11.6 Å². The Labute approximate surface area is 200 Å². The van der Waals surface area contributed by atoms with Gasteiger partial charge in [0.05, 0.1) is 17.3 Å². The molecule has 0 saturated carbocycles. The van der Waals surface area contributed by atoms with Crippen molar-refractivity contribution in [2.45, 2.75) is 18.9 Å². The van der Waals surface area contributed by atoms with Gasteiger partial charge < -0.3 is 15.2 Å². The number of nitriles is 1. The van der Waals surface area contributed by atoms with Crippen molar-refractivity contribution in [2.24, 2.45) is 7.05 Å². The highest BCUT2D eigenvalue weighted by molar-refractivity contribution is 6.34. The zero-order valence-electron chi connectivity index (χ0n) is 18.3. The Bertz CT molecular complexity index is 1430. The van der Waals surface area contributed by atoms with Crippen LogP contribution in [0.25, 0.3) is 22.3 Å². The van der Waals surface area contributed by atoms with Crippen molar-refractivity contribution >= 4 is 34.1 Å². The fraction of sp³-hybridized carbons (Fsp3) is 0.250. The van der Waals surface area contributed by atoms with E-state index in [0.717, 1.165) is 30.3 Å². The first-order valence-electron chi connectivity index (χ1n) is 10.9. The molecule has 10 heteroatoms. The van der Waals surface area contributed by atoms with Gasteiger partial charge in [-0.2, -0.15) is 10.4 Å². The van der Waals surface area contributed by atoms with E-state index in [1.165, 1.54) is 18.3 Å². The molecule has 2 aromatic carbocycles. The predicted molar refractivity (Wildman–Crippen MR) is 127 cm³/mol. The molecule has 0 radical (unpaired) electrons. The van der Waals surface area contributed by atoms with E-state index in [1.807, 2.05) is 18.2 Å². The molecule has 4 aromatic rings. The summed E-state index contributed by atoms with van der Waals surface area (Å²) in [6, 6.07) is 11.5. The highest BCUT2D eigenvalue weighted by atomic mass is 35.5. The first kappa shape index (κ1) is 22.1. The van der Waals surface area contributed by atoms with Crippen molar-refractivity contribution in [2.75, 3.05) is 18.0 Å². The fourth-order valence-electron chi connectivity index (χ4n) is 4.31. The lowest BCUT2D eigenvalue weighted by Crippen LogP contribution is -2.49. The number of rotatable bonds is 4. The molecule has 0 unspecified atom stereocenters. The van der Waals surface area contributed by atoms with Gasteiger partial charge in [-0.05, 0) is 55.8 Å². The van der Waals surface area contributed by atoms with Crippen LogP contribution in [0.15, 0.2) is 42.6 Å². The Morgan fingerprint density at radius 2 is 2.18 bits per heavy atom. The molecule has 2 aromatic heterocycles. The number of carbonyl (C=O) groups is 1. The quantitative estimate of drug-likeness (QED) is 0.462. The van der Waals surface area contributed by atoms with Gasteiger partial charge in [0.25, 0.3) is 5.91 Å². The van der Waals surface area contributed by atoms with E-state index in [9.17, 15) is 9.18 Å². The number of nitrogens with zero attached hydrogens (tertiary/aromatic N) is 5.